The number of hydrogen-bond donors (Lipinski definition) is 1. The maximum atomic E-state index is 13.4. The predicted molar refractivity (Wildman–Crippen MR) is 126 cm³/mol. The summed E-state index contributed by atoms with van der Waals surface area (Å²) in [4.78, 5) is 32.1. The minimum Gasteiger partial charge on any atom is -0.343 e. The third kappa shape index (κ3) is 3.94. The van der Waals surface area contributed by atoms with Gasteiger partial charge in [0.2, 0.25) is 11.7 Å². The molecule has 1 aliphatic heterocycles. The van der Waals surface area contributed by atoms with Crippen LogP contribution in [0.15, 0.2) is 59.3 Å². The van der Waals surface area contributed by atoms with E-state index in [0.717, 1.165) is 11.3 Å². The molecule has 172 valence electrons. The lowest BCUT2D eigenvalue weighted by atomic mass is 10.0. The van der Waals surface area contributed by atoms with Crippen molar-refractivity contribution in [2.75, 3.05) is 11.4 Å². The van der Waals surface area contributed by atoms with E-state index < -0.39 is 0 Å². The maximum Gasteiger partial charge on any atom is 0.258 e. The van der Waals surface area contributed by atoms with Gasteiger partial charge in [-0.3, -0.25) is 14.3 Å². The summed E-state index contributed by atoms with van der Waals surface area (Å²) in [5, 5.41) is 11.7. The Bertz CT molecular complexity index is 1380. The van der Waals surface area contributed by atoms with Crippen LogP contribution in [-0.2, 0) is 7.05 Å². The highest BCUT2D eigenvalue weighted by molar-refractivity contribution is 6.33. The van der Waals surface area contributed by atoms with Crippen LogP contribution < -0.4 is 10.2 Å². The summed E-state index contributed by atoms with van der Waals surface area (Å²) in [6, 6.07) is 13.7. The number of hydrogen-bond acceptors (Lipinski definition) is 6. The molecule has 0 aliphatic carbocycles. The zero-order chi connectivity index (χ0) is 23.8. The number of halogens is 1. The smallest absolute Gasteiger partial charge is 0.258 e. The number of carbonyl (C=O) groups excluding carboxylic acids is 2. The molecule has 5 rings (SSSR count). The van der Waals surface area contributed by atoms with Gasteiger partial charge < -0.3 is 14.7 Å². The molecular weight excluding hydrogens is 456 g/mol. The van der Waals surface area contributed by atoms with Gasteiger partial charge in [0.05, 0.1) is 34.2 Å². The second kappa shape index (κ2) is 8.75. The first kappa shape index (κ1) is 21.8. The summed E-state index contributed by atoms with van der Waals surface area (Å²) in [6.45, 7) is 2.15. The number of aryl methyl sites for hydroxylation is 2. The van der Waals surface area contributed by atoms with Gasteiger partial charge in [-0.2, -0.15) is 10.1 Å². The number of anilines is 1. The maximum absolute atomic E-state index is 13.4. The van der Waals surface area contributed by atoms with Crippen molar-refractivity contribution >= 4 is 29.1 Å². The van der Waals surface area contributed by atoms with E-state index in [2.05, 4.69) is 20.6 Å². The molecule has 0 fully saturated rings. The van der Waals surface area contributed by atoms with E-state index in [-0.39, 0.29) is 17.9 Å². The molecule has 2 aromatic carbocycles. The minimum absolute atomic E-state index is 0.152. The summed E-state index contributed by atoms with van der Waals surface area (Å²) in [6.07, 6.45) is 2.19. The predicted octanol–water partition coefficient (Wildman–Crippen LogP) is 3.95. The van der Waals surface area contributed by atoms with Gasteiger partial charge in [0.15, 0.2) is 0 Å². The Morgan fingerprint density at radius 1 is 1.15 bits per heavy atom. The van der Waals surface area contributed by atoms with Crippen molar-refractivity contribution in [3.8, 4) is 11.4 Å². The van der Waals surface area contributed by atoms with Crippen LogP contribution >= 0.6 is 11.6 Å². The summed E-state index contributed by atoms with van der Waals surface area (Å²) in [5.74, 6) is 0.528. The van der Waals surface area contributed by atoms with Crippen LogP contribution in [0.1, 0.15) is 44.8 Å². The zero-order valence-corrected chi connectivity index (χ0v) is 19.3. The quantitative estimate of drug-likeness (QED) is 0.478. The molecule has 0 radical (unpaired) electrons. The van der Waals surface area contributed by atoms with Crippen molar-refractivity contribution in [1.29, 1.82) is 0 Å². The van der Waals surface area contributed by atoms with E-state index in [0.29, 0.717) is 46.5 Å². The molecule has 10 heteroatoms. The highest BCUT2D eigenvalue weighted by Gasteiger charge is 2.33. The normalized spacial score (nSPS) is 15.1. The number of fused-ring (bicyclic) bond motifs is 1. The Kier molecular flexibility index (Phi) is 5.62. The molecule has 1 N–H and O–H groups in total. The molecule has 2 aromatic heterocycles. The Morgan fingerprint density at radius 3 is 2.62 bits per heavy atom. The molecule has 2 amide bonds. The van der Waals surface area contributed by atoms with Gasteiger partial charge >= 0.3 is 0 Å². The Balaban J connectivity index is 1.37. The highest BCUT2D eigenvalue weighted by atomic mass is 35.5. The molecule has 1 aliphatic rings. The number of amides is 2. The molecule has 0 bridgehead atoms. The van der Waals surface area contributed by atoms with Crippen molar-refractivity contribution in [1.82, 2.24) is 25.2 Å². The Hall–Kier alpha value is -3.98. The van der Waals surface area contributed by atoms with E-state index in [1.54, 1.807) is 78.3 Å². The highest BCUT2D eigenvalue weighted by Crippen LogP contribution is 2.35. The van der Waals surface area contributed by atoms with Crippen LogP contribution in [0, 0.1) is 6.92 Å². The van der Waals surface area contributed by atoms with Crippen molar-refractivity contribution in [3.05, 3.63) is 82.5 Å². The van der Waals surface area contributed by atoms with E-state index >= 15 is 0 Å². The van der Waals surface area contributed by atoms with Crippen LogP contribution in [0.4, 0.5) is 5.69 Å². The first-order chi connectivity index (χ1) is 16.4. The van der Waals surface area contributed by atoms with Crippen LogP contribution in [0.25, 0.3) is 11.4 Å². The summed E-state index contributed by atoms with van der Waals surface area (Å²) in [7, 11) is 1.79. The summed E-state index contributed by atoms with van der Waals surface area (Å²) < 4.78 is 6.71. The fourth-order valence-electron chi connectivity index (χ4n) is 4.13. The van der Waals surface area contributed by atoms with Crippen molar-refractivity contribution < 1.29 is 14.1 Å². The second-order valence-corrected chi connectivity index (χ2v) is 8.41. The standard InChI is InChI=1S/C24H21ClN6O3/c1-14-27-22(29-34-14)15-7-9-16(10-8-15)24(33)31-12-11-19(21-20(31)13-26-30(21)2)28-23(32)17-5-3-4-6-18(17)25/h3-10,13,19H,11-12H2,1-2H3,(H,28,32). The number of rotatable bonds is 4. The fourth-order valence-corrected chi connectivity index (χ4v) is 4.35. The molecule has 0 saturated heterocycles. The van der Waals surface area contributed by atoms with E-state index in [9.17, 15) is 9.59 Å². The van der Waals surface area contributed by atoms with E-state index in [1.165, 1.54) is 0 Å². The Labute approximate surface area is 200 Å². The van der Waals surface area contributed by atoms with Crippen LogP contribution in [0.2, 0.25) is 5.02 Å². The summed E-state index contributed by atoms with van der Waals surface area (Å²) >= 11 is 6.19. The molecule has 4 aromatic rings. The molecule has 34 heavy (non-hydrogen) atoms. The lowest BCUT2D eigenvalue weighted by Crippen LogP contribution is -2.41. The fraction of sp³-hybridized carbons (Fsp3) is 0.208. The van der Waals surface area contributed by atoms with E-state index in [1.807, 2.05) is 0 Å². The van der Waals surface area contributed by atoms with Crippen molar-refractivity contribution in [2.45, 2.75) is 19.4 Å². The van der Waals surface area contributed by atoms with Gasteiger partial charge in [-0.25, -0.2) is 0 Å². The number of aromatic nitrogens is 4. The van der Waals surface area contributed by atoms with Crippen molar-refractivity contribution in [3.63, 3.8) is 0 Å². The van der Waals surface area contributed by atoms with Crippen LogP contribution in [0.3, 0.4) is 0 Å². The van der Waals surface area contributed by atoms with Gasteiger partial charge in [0, 0.05) is 31.6 Å². The molecule has 0 spiro atoms. The lowest BCUT2D eigenvalue weighted by Gasteiger charge is -2.32. The van der Waals surface area contributed by atoms with Crippen LogP contribution in [0.5, 0.6) is 0 Å². The molecular formula is C24H21ClN6O3. The lowest BCUT2D eigenvalue weighted by molar-refractivity contribution is 0.0931. The number of nitrogens with zero attached hydrogens (tertiary/aromatic N) is 5. The van der Waals surface area contributed by atoms with Crippen LogP contribution in [-0.4, -0.2) is 38.3 Å². The zero-order valence-electron chi connectivity index (χ0n) is 18.5. The third-order valence-electron chi connectivity index (χ3n) is 5.81. The van der Waals surface area contributed by atoms with Gasteiger partial charge in [-0.1, -0.05) is 41.0 Å². The first-order valence-electron chi connectivity index (χ1n) is 10.7. The topological polar surface area (TPSA) is 106 Å². The minimum atomic E-state index is -0.306. The molecule has 3 heterocycles. The van der Waals surface area contributed by atoms with Gasteiger partial charge in [-0.15, -0.1) is 0 Å². The number of benzene rings is 2. The summed E-state index contributed by atoms with van der Waals surface area (Å²) in [5.41, 5.74) is 3.12. The Morgan fingerprint density at radius 2 is 1.91 bits per heavy atom. The average Bonchev–Trinajstić information content (AvgIpc) is 3.45. The second-order valence-electron chi connectivity index (χ2n) is 8.00. The molecule has 9 nitrogen and oxygen atoms in total. The average molecular weight is 477 g/mol. The largest absolute Gasteiger partial charge is 0.343 e. The number of carbonyl (C=O) groups is 2. The van der Waals surface area contributed by atoms with Gasteiger partial charge in [0.1, 0.15) is 0 Å². The van der Waals surface area contributed by atoms with Crippen molar-refractivity contribution in [2.24, 2.45) is 7.05 Å². The van der Waals surface area contributed by atoms with E-state index in [4.69, 9.17) is 16.1 Å². The van der Waals surface area contributed by atoms with Gasteiger partial charge in [-0.05, 0) is 30.7 Å². The molecule has 1 atom stereocenters. The monoisotopic (exact) mass is 476 g/mol. The number of nitrogens with one attached hydrogen (secondary N) is 1. The van der Waals surface area contributed by atoms with Gasteiger partial charge in [0.25, 0.3) is 11.8 Å². The first-order valence-corrected chi connectivity index (χ1v) is 11.1. The third-order valence-corrected chi connectivity index (χ3v) is 6.14. The molecule has 0 saturated carbocycles. The SMILES string of the molecule is Cc1nc(-c2ccc(C(=O)N3CCC(NC(=O)c4ccccc4Cl)c4c3cnn4C)cc2)no1. The molecule has 1 unspecified atom stereocenters.